The van der Waals surface area contributed by atoms with Gasteiger partial charge in [-0.3, -0.25) is 15.0 Å². The Morgan fingerprint density at radius 3 is 2.21 bits per heavy atom. The van der Waals surface area contributed by atoms with Gasteiger partial charge in [-0.1, -0.05) is 11.6 Å². The summed E-state index contributed by atoms with van der Waals surface area (Å²) in [6.45, 7) is 1.23. The molecule has 0 fully saturated rings. The molecule has 0 saturated carbocycles. The minimum Gasteiger partial charge on any atom is -0.465 e. The topological polar surface area (TPSA) is 137 Å². The highest BCUT2D eigenvalue weighted by Crippen LogP contribution is 2.26. The highest BCUT2D eigenvalue weighted by Gasteiger charge is 2.23. The molecule has 2 N–H and O–H groups in total. The summed E-state index contributed by atoms with van der Waals surface area (Å²) in [5, 5.41) is 0.844. The maximum absolute atomic E-state index is 13.2. The van der Waals surface area contributed by atoms with Crippen molar-refractivity contribution in [2.24, 2.45) is 4.40 Å². The second-order valence-electron chi connectivity index (χ2n) is 6.78. The molecule has 0 saturated heterocycles. The zero-order valence-electron chi connectivity index (χ0n) is 18.2. The van der Waals surface area contributed by atoms with Gasteiger partial charge in [0.1, 0.15) is 11.2 Å². The lowest BCUT2D eigenvalue weighted by atomic mass is 10.1. The average Bonchev–Trinajstić information content (AvgIpc) is 2.77. The van der Waals surface area contributed by atoms with Crippen molar-refractivity contribution in [1.29, 1.82) is 0 Å². The van der Waals surface area contributed by atoms with E-state index in [0.717, 1.165) is 17.4 Å². The number of amides is 2. The third-order valence-corrected chi connectivity index (χ3v) is 5.67. The summed E-state index contributed by atoms with van der Waals surface area (Å²) < 4.78 is 33.3. The van der Waals surface area contributed by atoms with Crippen LogP contribution in [0.5, 0.6) is 0 Å². The molecule has 0 aromatic heterocycles. The highest BCUT2D eigenvalue weighted by molar-refractivity contribution is 7.90. The Bertz CT molecular complexity index is 1180. The molecule has 2 aromatic rings. The van der Waals surface area contributed by atoms with Gasteiger partial charge in [0.2, 0.25) is 5.91 Å². The van der Waals surface area contributed by atoms with Crippen LogP contribution in [-0.2, 0) is 19.6 Å². The number of carbonyl (C=O) groups excluding carboxylic acids is 3. The molecule has 176 valence electrons. The van der Waals surface area contributed by atoms with Crippen LogP contribution in [0.15, 0.2) is 51.8 Å². The second-order valence-corrected chi connectivity index (χ2v) is 8.78. The van der Waals surface area contributed by atoms with Gasteiger partial charge < -0.3 is 9.64 Å². The zero-order chi connectivity index (χ0) is 24.8. The Morgan fingerprint density at radius 2 is 1.67 bits per heavy atom. The first kappa shape index (κ1) is 25.8. The molecular formula is C20H22ClN5O6S. The van der Waals surface area contributed by atoms with Crippen LogP contribution >= 0.6 is 11.6 Å². The van der Waals surface area contributed by atoms with Crippen LogP contribution in [0.3, 0.4) is 0 Å². The van der Waals surface area contributed by atoms with E-state index in [9.17, 15) is 22.8 Å². The molecule has 0 bridgehead atoms. The number of methoxy groups -OCH3 is 1. The number of hydrazine groups is 2. The third kappa shape index (κ3) is 6.75. The van der Waals surface area contributed by atoms with E-state index < -0.39 is 27.8 Å². The molecule has 2 amide bonds. The number of halogens is 1. The van der Waals surface area contributed by atoms with Gasteiger partial charge in [0.25, 0.3) is 15.9 Å². The fourth-order valence-electron chi connectivity index (χ4n) is 2.41. The first-order valence-electron chi connectivity index (χ1n) is 9.27. The Balaban J connectivity index is 2.48. The minimum absolute atomic E-state index is 0.0621. The number of hydrogen-bond donors (Lipinski definition) is 2. The molecular weight excluding hydrogens is 474 g/mol. The smallest absolute Gasteiger partial charge is 0.337 e. The van der Waals surface area contributed by atoms with Crippen LogP contribution in [0.2, 0.25) is 5.02 Å². The van der Waals surface area contributed by atoms with Gasteiger partial charge in [-0.05, 0) is 42.5 Å². The van der Waals surface area contributed by atoms with Crippen molar-refractivity contribution in [2.75, 3.05) is 26.2 Å². The van der Waals surface area contributed by atoms with E-state index in [1.54, 1.807) is 14.1 Å². The number of carbonyl (C=O) groups is 3. The van der Waals surface area contributed by atoms with Crippen molar-refractivity contribution >= 4 is 51.4 Å². The second kappa shape index (κ2) is 10.9. The first-order valence-corrected chi connectivity index (χ1v) is 11.1. The predicted octanol–water partition coefficient (Wildman–Crippen LogP) is 1.61. The molecule has 2 aromatic carbocycles. The molecule has 13 heteroatoms. The van der Waals surface area contributed by atoms with Crippen molar-refractivity contribution < 1.29 is 27.5 Å². The predicted molar refractivity (Wildman–Crippen MR) is 122 cm³/mol. The summed E-state index contributed by atoms with van der Waals surface area (Å²) in [6.07, 6.45) is 1.09. The molecule has 0 aliphatic heterocycles. The lowest BCUT2D eigenvalue weighted by molar-refractivity contribution is -0.119. The number of hydrogen-bond acceptors (Lipinski definition) is 7. The van der Waals surface area contributed by atoms with E-state index in [4.69, 9.17) is 11.6 Å². The van der Waals surface area contributed by atoms with Gasteiger partial charge in [0.05, 0.1) is 23.4 Å². The summed E-state index contributed by atoms with van der Waals surface area (Å²) in [4.78, 5) is 37.3. The van der Waals surface area contributed by atoms with Gasteiger partial charge in [-0.25, -0.2) is 9.80 Å². The Hall–Kier alpha value is -3.48. The first-order chi connectivity index (χ1) is 15.5. The molecule has 0 heterocycles. The summed E-state index contributed by atoms with van der Waals surface area (Å²) in [5.41, 5.74) is 5.16. The van der Waals surface area contributed by atoms with Gasteiger partial charge in [0.15, 0.2) is 0 Å². The van der Waals surface area contributed by atoms with Crippen molar-refractivity contribution in [3.05, 3.63) is 58.6 Å². The summed E-state index contributed by atoms with van der Waals surface area (Å²) >= 11 is 6.05. The van der Waals surface area contributed by atoms with Crippen LogP contribution in [0, 0.1) is 0 Å². The molecule has 11 nitrogen and oxygen atoms in total. The van der Waals surface area contributed by atoms with E-state index in [2.05, 4.69) is 20.1 Å². The van der Waals surface area contributed by atoms with Crippen molar-refractivity contribution in [2.45, 2.75) is 11.8 Å². The number of rotatable bonds is 8. The number of nitrogens with one attached hydrogen (secondary N) is 2. The molecule has 2 rings (SSSR count). The number of nitrogens with zero attached hydrogens (tertiary/aromatic N) is 3. The van der Waals surface area contributed by atoms with Gasteiger partial charge in [-0.15, -0.1) is 9.93 Å². The van der Waals surface area contributed by atoms with E-state index in [0.29, 0.717) is 0 Å². The van der Waals surface area contributed by atoms with E-state index in [1.807, 2.05) is 0 Å². The van der Waals surface area contributed by atoms with Crippen molar-refractivity contribution in [3.63, 3.8) is 0 Å². The Morgan fingerprint density at radius 1 is 1.06 bits per heavy atom. The van der Waals surface area contributed by atoms with Gasteiger partial charge >= 0.3 is 5.97 Å². The third-order valence-electron chi connectivity index (χ3n) is 3.97. The van der Waals surface area contributed by atoms with Crippen LogP contribution in [0.25, 0.3) is 0 Å². The Labute approximate surface area is 196 Å². The maximum atomic E-state index is 13.2. The SMILES string of the molecule is COC(=O)c1ccc(N(NNC(C)=O)C(=O)c2ccc(Cl)c(S(=O)(=O)N=CN(C)C)c2)cc1. The standard InChI is InChI=1S/C20H22ClN5O6S/c1-13(27)23-24-26(16-8-5-14(6-9-16)20(29)32-4)19(28)15-7-10-17(21)18(11-15)33(30,31)22-12-25(2)3/h5-12,24H,1-4H3,(H,23,27). The molecule has 0 aliphatic rings. The van der Waals surface area contributed by atoms with Crippen molar-refractivity contribution in [3.8, 4) is 0 Å². The van der Waals surface area contributed by atoms with E-state index >= 15 is 0 Å². The van der Waals surface area contributed by atoms with Gasteiger partial charge in [0, 0.05) is 26.6 Å². The monoisotopic (exact) mass is 495 g/mol. The molecule has 33 heavy (non-hydrogen) atoms. The molecule has 0 spiro atoms. The van der Waals surface area contributed by atoms with Crippen LogP contribution in [0.1, 0.15) is 27.6 Å². The molecule has 0 unspecified atom stereocenters. The van der Waals surface area contributed by atoms with E-state index in [1.165, 1.54) is 55.3 Å². The number of ether oxygens (including phenoxy) is 1. The average molecular weight is 496 g/mol. The maximum Gasteiger partial charge on any atom is 0.337 e. The fourth-order valence-corrected chi connectivity index (χ4v) is 3.83. The number of benzene rings is 2. The van der Waals surface area contributed by atoms with Crippen LogP contribution in [0.4, 0.5) is 5.69 Å². The van der Waals surface area contributed by atoms with Gasteiger partial charge in [-0.2, -0.15) is 8.42 Å². The largest absolute Gasteiger partial charge is 0.465 e. The number of anilines is 1. The van der Waals surface area contributed by atoms with Crippen LogP contribution < -0.4 is 16.0 Å². The molecule has 0 aliphatic carbocycles. The highest BCUT2D eigenvalue weighted by atomic mass is 35.5. The number of esters is 1. The summed E-state index contributed by atoms with van der Waals surface area (Å²) in [6, 6.07) is 9.38. The summed E-state index contributed by atoms with van der Waals surface area (Å²) in [7, 11) is 0.232. The fraction of sp³-hybridized carbons (Fsp3) is 0.200. The van der Waals surface area contributed by atoms with Crippen LogP contribution in [-0.4, -0.2) is 58.6 Å². The van der Waals surface area contributed by atoms with Crippen molar-refractivity contribution in [1.82, 2.24) is 15.9 Å². The lowest BCUT2D eigenvalue weighted by Crippen LogP contribution is -2.52. The normalized spacial score (nSPS) is 11.2. The number of sulfonamides is 1. The lowest BCUT2D eigenvalue weighted by Gasteiger charge is -2.24. The minimum atomic E-state index is -4.19. The quantitative estimate of drug-likeness (QED) is 0.244. The Kier molecular flexibility index (Phi) is 8.51. The summed E-state index contributed by atoms with van der Waals surface area (Å²) in [5.74, 6) is -1.78. The zero-order valence-corrected chi connectivity index (χ0v) is 19.8. The van der Waals surface area contributed by atoms with E-state index in [-0.39, 0.29) is 26.7 Å². The molecule has 0 atom stereocenters. The molecule has 0 radical (unpaired) electrons.